The average Bonchev–Trinajstić information content (AvgIpc) is 2.67. The van der Waals surface area contributed by atoms with Gasteiger partial charge in [-0.2, -0.15) is 13.2 Å². The second kappa shape index (κ2) is 8.79. The third kappa shape index (κ3) is 5.54. The molecule has 1 fully saturated rings. The predicted octanol–water partition coefficient (Wildman–Crippen LogP) is 5.24. The summed E-state index contributed by atoms with van der Waals surface area (Å²) in [7, 11) is 0. The number of thioether (sulfide) groups is 1. The quantitative estimate of drug-likeness (QED) is 0.470. The number of halogens is 6. The van der Waals surface area contributed by atoms with Gasteiger partial charge in [0.15, 0.2) is 0 Å². The number of benzene rings is 2. The maximum atomic E-state index is 14.2. The number of hydrogen-bond acceptors (Lipinski definition) is 3. The molecule has 0 saturated carbocycles. The van der Waals surface area contributed by atoms with Gasteiger partial charge in [0.05, 0.1) is 11.4 Å². The number of rotatable bonds is 4. The van der Waals surface area contributed by atoms with Crippen LogP contribution in [0.5, 0.6) is 0 Å². The molecule has 0 atom stereocenters. The fourth-order valence-corrected chi connectivity index (χ4v) is 3.79. The lowest BCUT2D eigenvalue weighted by atomic mass is 10.1. The Morgan fingerprint density at radius 3 is 2.21 bits per heavy atom. The summed E-state index contributed by atoms with van der Waals surface area (Å²) in [5.74, 6) is -3.34. The molecule has 0 unspecified atom stereocenters. The lowest BCUT2D eigenvalue weighted by Gasteiger charge is -2.36. The molecule has 29 heavy (non-hydrogen) atoms. The van der Waals surface area contributed by atoms with Gasteiger partial charge in [-0.1, -0.05) is 11.6 Å². The molecular formula is C19H16ClF5N2OS. The van der Waals surface area contributed by atoms with E-state index in [0.29, 0.717) is 29.7 Å². The van der Waals surface area contributed by atoms with E-state index in [4.69, 9.17) is 11.6 Å². The lowest BCUT2D eigenvalue weighted by Crippen LogP contribution is -2.49. The van der Waals surface area contributed by atoms with Crippen molar-refractivity contribution in [3.8, 4) is 0 Å². The molecule has 0 aromatic heterocycles. The number of hydrogen-bond donors (Lipinski definition) is 0. The van der Waals surface area contributed by atoms with Crippen molar-refractivity contribution in [2.24, 2.45) is 0 Å². The highest BCUT2D eigenvalue weighted by Gasteiger charge is 2.29. The van der Waals surface area contributed by atoms with E-state index in [1.165, 1.54) is 0 Å². The first-order valence-corrected chi connectivity index (χ1v) is 9.99. The smallest absolute Gasteiger partial charge is 0.366 e. The monoisotopic (exact) mass is 450 g/mol. The van der Waals surface area contributed by atoms with E-state index in [-0.39, 0.29) is 41.3 Å². The Balaban J connectivity index is 1.68. The lowest BCUT2D eigenvalue weighted by molar-refractivity contribution is -0.105. The van der Waals surface area contributed by atoms with Gasteiger partial charge < -0.3 is 9.80 Å². The van der Waals surface area contributed by atoms with Gasteiger partial charge in [0.1, 0.15) is 11.6 Å². The van der Waals surface area contributed by atoms with Gasteiger partial charge >= 0.3 is 6.18 Å². The highest BCUT2D eigenvalue weighted by molar-refractivity contribution is 7.99. The molecule has 0 bridgehead atoms. The summed E-state index contributed by atoms with van der Waals surface area (Å²) in [6.07, 6.45) is -4.46. The molecule has 3 rings (SSSR count). The fourth-order valence-electron chi connectivity index (χ4n) is 2.96. The third-order valence-electron chi connectivity index (χ3n) is 4.39. The molecular weight excluding hydrogens is 435 g/mol. The molecule has 1 saturated heterocycles. The Bertz CT molecular complexity index is 883. The fraction of sp³-hybridized carbons (Fsp3) is 0.316. The van der Waals surface area contributed by atoms with E-state index >= 15 is 0 Å². The van der Waals surface area contributed by atoms with E-state index in [0.717, 1.165) is 6.07 Å². The first-order chi connectivity index (χ1) is 13.6. The summed E-state index contributed by atoms with van der Waals surface area (Å²) < 4.78 is 65.3. The average molecular weight is 451 g/mol. The second-order valence-corrected chi connectivity index (χ2v) is 7.88. The Hall–Kier alpha value is -2.00. The van der Waals surface area contributed by atoms with Crippen LogP contribution in [-0.4, -0.2) is 48.9 Å². The van der Waals surface area contributed by atoms with Crippen LogP contribution in [-0.2, 0) is 0 Å². The molecule has 0 radical (unpaired) electrons. The van der Waals surface area contributed by atoms with E-state index in [1.54, 1.807) is 34.1 Å². The summed E-state index contributed by atoms with van der Waals surface area (Å²) in [4.78, 5) is 15.5. The van der Waals surface area contributed by atoms with Crippen LogP contribution in [0.2, 0.25) is 5.02 Å². The molecule has 2 aromatic rings. The highest BCUT2D eigenvalue weighted by Crippen LogP contribution is 2.33. The van der Waals surface area contributed by atoms with Crippen molar-refractivity contribution in [3.05, 3.63) is 58.6 Å². The SMILES string of the molecule is O=C(c1ccc(Cl)cc1)N1CCN(c2cc(SCC(F)(F)F)c(F)cc2F)CC1. The number of carbonyl (C=O) groups excluding carboxylic acids is 1. The minimum atomic E-state index is -4.46. The molecule has 1 heterocycles. The van der Waals surface area contributed by atoms with E-state index in [2.05, 4.69) is 0 Å². The summed E-state index contributed by atoms with van der Waals surface area (Å²) >= 11 is 6.09. The van der Waals surface area contributed by atoms with Crippen LogP contribution in [0.4, 0.5) is 27.6 Å². The minimum Gasteiger partial charge on any atom is -0.366 e. The van der Waals surface area contributed by atoms with Crippen molar-refractivity contribution >= 4 is 35.0 Å². The van der Waals surface area contributed by atoms with Crippen molar-refractivity contribution in [1.82, 2.24) is 4.90 Å². The van der Waals surface area contributed by atoms with Crippen molar-refractivity contribution in [3.63, 3.8) is 0 Å². The van der Waals surface area contributed by atoms with Crippen LogP contribution in [0.1, 0.15) is 10.4 Å². The van der Waals surface area contributed by atoms with Gasteiger partial charge in [-0.05, 0) is 30.3 Å². The zero-order valence-corrected chi connectivity index (χ0v) is 16.6. The number of anilines is 1. The summed E-state index contributed by atoms with van der Waals surface area (Å²) in [6, 6.07) is 8.14. The maximum Gasteiger partial charge on any atom is 0.398 e. The molecule has 0 N–H and O–H groups in total. The highest BCUT2D eigenvalue weighted by atomic mass is 35.5. The topological polar surface area (TPSA) is 23.6 Å². The third-order valence-corrected chi connectivity index (χ3v) is 5.74. The maximum absolute atomic E-state index is 14.2. The molecule has 0 spiro atoms. The molecule has 2 aromatic carbocycles. The number of amides is 1. The number of nitrogens with zero attached hydrogens (tertiary/aromatic N) is 2. The zero-order chi connectivity index (χ0) is 21.2. The van der Waals surface area contributed by atoms with Crippen LogP contribution in [0.15, 0.2) is 41.3 Å². The zero-order valence-electron chi connectivity index (χ0n) is 15.0. The van der Waals surface area contributed by atoms with E-state index in [1.807, 2.05) is 0 Å². The molecule has 1 aliphatic rings. The van der Waals surface area contributed by atoms with Crippen molar-refractivity contribution in [2.75, 3.05) is 36.8 Å². The van der Waals surface area contributed by atoms with Crippen LogP contribution in [0, 0.1) is 11.6 Å². The first-order valence-electron chi connectivity index (χ1n) is 8.62. The van der Waals surface area contributed by atoms with Gasteiger partial charge in [0.25, 0.3) is 5.91 Å². The van der Waals surface area contributed by atoms with Crippen LogP contribution < -0.4 is 4.90 Å². The molecule has 3 nitrogen and oxygen atoms in total. The Morgan fingerprint density at radius 1 is 1.00 bits per heavy atom. The Kier molecular flexibility index (Phi) is 6.58. The van der Waals surface area contributed by atoms with Gasteiger partial charge in [0.2, 0.25) is 0 Å². The van der Waals surface area contributed by atoms with Crippen LogP contribution in [0.3, 0.4) is 0 Å². The first kappa shape index (κ1) is 21.7. The normalized spacial score (nSPS) is 15.0. The van der Waals surface area contributed by atoms with E-state index in [9.17, 15) is 26.7 Å². The number of carbonyl (C=O) groups is 1. The Morgan fingerprint density at radius 2 is 1.62 bits per heavy atom. The summed E-state index contributed by atoms with van der Waals surface area (Å²) in [5, 5.41) is 0.511. The van der Waals surface area contributed by atoms with Crippen molar-refractivity contribution in [2.45, 2.75) is 11.1 Å². The van der Waals surface area contributed by atoms with Crippen molar-refractivity contribution < 1.29 is 26.7 Å². The number of piperazine rings is 1. The predicted molar refractivity (Wildman–Crippen MR) is 103 cm³/mol. The summed E-state index contributed by atoms with van der Waals surface area (Å²) in [5.41, 5.74) is 0.497. The molecule has 10 heteroatoms. The largest absolute Gasteiger partial charge is 0.398 e. The van der Waals surface area contributed by atoms with Crippen LogP contribution >= 0.6 is 23.4 Å². The number of alkyl halides is 3. The van der Waals surface area contributed by atoms with Gasteiger partial charge in [-0.3, -0.25) is 4.79 Å². The summed E-state index contributed by atoms with van der Waals surface area (Å²) in [6.45, 7) is 1.13. The van der Waals surface area contributed by atoms with Gasteiger partial charge in [0, 0.05) is 47.7 Å². The standard InChI is InChI=1S/C19H16ClF5N2OS/c20-13-3-1-12(2-4-13)18(28)27-7-5-26(6-8-27)16-10-17(15(22)9-14(16)21)29-11-19(23,24)25/h1-4,9-10H,5-8,11H2. The molecule has 156 valence electrons. The second-order valence-electron chi connectivity index (χ2n) is 6.42. The van der Waals surface area contributed by atoms with Crippen molar-refractivity contribution in [1.29, 1.82) is 0 Å². The molecule has 1 aliphatic heterocycles. The molecule has 0 aliphatic carbocycles. The van der Waals surface area contributed by atoms with Gasteiger partial charge in [-0.15, -0.1) is 11.8 Å². The van der Waals surface area contributed by atoms with Gasteiger partial charge in [-0.25, -0.2) is 8.78 Å². The Labute approximate surface area is 173 Å². The van der Waals surface area contributed by atoms with E-state index < -0.39 is 23.6 Å². The molecule has 1 amide bonds. The minimum absolute atomic E-state index is 0.0228. The van der Waals surface area contributed by atoms with Crippen LogP contribution in [0.25, 0.3) is 0 Å².